The number of hydrogen-bond donors (Lipinski definition) is 1. The number of carbonyl (C=O) groups is 1. The number of nitrogens with zero attached hydrogens (tertiary/aromatic N) is 3. The van der Waals surface area contributed by atoms with E-state index in [0.717, 1.165) is 17.7 Å². The smallest absolute Gasteiger partial charge is 0.317 e. The average molecular weight is 360 g/mol. The van der Waals surface area contributed by atoms with Gasteiger partial charge >= 0.3 is 6.03 Å². The molecule has 1 atom stereocenters. The van der Waals surface area contributed by atoms with Gasteiger partial charge in [0, 0.05) is 18.7 Å². The lowest BCUT2D eigenvalue weighted by molar-refractivity contribution is 0.0436. The first-order chi connectivity index (χ1) is 12.6. The molecule has 0 aliphatic carbocycles. The summed E-state index contributed by atoms with van der Waals surface area (Å²) >= 11 is 0. The molecule has 1 N–H and O–H groups in total. The molecule has 3 rings (SSSR count). The molecular weight excluding hydrogens is 336 g/mol. The number of urea groups is 1. The SMILES string of the molecule is CCC(C)NC(=O)N1CC(Oc2ccc(-c3noc(COC)n3)cc2)C1. The van der Waals surface area contributed by atoms with E-state index in [4.69, 9.17) is 14.0 Å². The Hall–Kier alpha value is -2.61. The van der Waals surface area contributed by atoms with Crippen LogP contribution >= 0.6 is 0 Å². The first-order valence-electron chi connectivity index (χ1n) is 8.73. The molecule has 2 aromatic rings. The number of benzene rings is 1. The normalized spacial score (nSPS) is 15.4. The van der Waals surface area contributed by atoms with Gasteiger partial charge in [0.2, 0.25) is 5.82 Å². The molecule has 2 amide bonds. The Morgan fingerprint density at radius 3 is 2.77 bits per heavy atom. The third-order valence-electron chi connectivity index (χ3n) is 4.27. The monoisotopic (exact) mass is 360 g/mol. The molecule has 1 saturated heterocycles. The van der Waals surface area contributed by atoms with Crippen molar-refractivity contribution in [1.29, 1.82) is 0 Å². The number of nitrogens with one attached hydrogen (secondary N) is 1. The second-order valence-electron chi connectivity index (χ2n) is 6.37. The maximum absolute atomic E-state index is 12.0. The van der Waals surface area contributed by atoms with E-state index in [2.05, 4.69) is 15.5 Å². The lowest BCUT2D eigenvalue weighted by Gasteiger charge is -2.39. The van der Waals surface area contributed by atoms with E-state index in [9.17, 15) is 4.79 Å². The number of hydrogen-bond acceptors (Lipinski definition) is 6. The molecule has 1 fully saturated rings. The maximum atomic E-state index is 12.0. The van der Waals surface area contributed by atoms with E-state index in [0.29, 0.717) is 24.8 Å². The van der Waals surface area contributed by atoms with E-state index in [1.807, 2.05) is 38.1 Å². The topological polar surface area (TPSA) is 89.7 Å². The third kappa shape index (κ3) is 4.32. The number of aromatic nitrogens is 2. The Bertz CT molecular complexity index is 725. The van der Waals surface area contributed by atoms with Crippen molar-refractivity contribution in [3.63, 3.8) is 0 Å². The van der Waals surface area contributed by atoms with Gasteiger partial charge in [0.05, 0.1) is 13.1 Å². The predicted molar refractivity (Wildman–Crippen MR) is 94.7 cm³/mol. The number of ether oxygens (including phenoxy) is 2. The molecule has 0 saturated carbocycles. The molecule has 1 unspecified atom stereocenters. The second kappa shape index (κ2) is 8.18. The van der Waals surface area contributed by atoms with Crippen LogP contribution in [0.1, 0.15) is 26.2 Å². The summed E-state index contributed by atoms with van der Waals surface area (Å²) in [5, 5.41) is 6.88. The average Bonchev–Trinajstić information content (AvgIpc) is 3.07. The zero-order valence-corrected chi connectivity index (χ0v) is 15.3. The largest absolute Gasteiger partial charge is 0.487 e. The molecule has 1 aliphatic rings. The fourth-order valence-corrected chi connectivity index (χ4v) is 2.51. The summed E-state index contributed by atoms with van der Waals surface area (Å²) in [6.45, 7) is 5.51. The summed E-state index contributed by atoms with van der Waals surface area (Å²) in [5.74, 6) is 1.70. The molecule has 0 radical (unpaired) electrons. The van der Waals surface area contributed by atoms with Crippen molar-refractivity contribution < 1.29 is 18.8 Å². The quantitative estimate of drug-likeness (QED) is 0.816. The number of rotatable bonds is 7. The Labute approximate surface area is 152 Å². The van der Waals surface area contributed by atoms with Crippen LogP contribution in [0.3, 0.4) is 0 Å². The van der Waals surface area contributed by atoms with Gasteiger partial charge in [-0.3, -0.25) is 0 Å². The van der Waals surface area contributed by atoms with Gasteiger partial charge in [-0.15, -0.1) is 0 Å². The number of likely N-dealkylation sites (tertiary alicyclic amines) is 1. The van der Waals surface area contributed by atoms with Crippen LogP contribution in [-0.2, 0) is 11.3 Å². The summed E-state index contributed by atoms with van der Waals surface area (Å²) in [5.41, 5.74) is 0.839. The van der Waals surface area contributed by atoms with E-state index >= 15 is 0 Å². The van der Waals surface area contributed by atoms with E-state index in [1.54, 1.807) is 12.0 Å². The highest BCUT2D eigenvalue weighted by Gasteiger charge is 2.32. The number of carbonyl (C=O) groups excluding carboxylic acids is 1. The third-order valence-corrected chi connectivity index (χ3v) is 4.27. The minimum Gasteiger partial charge on any atom is -0.487 e. The Balaban J connectivity index is 1.49. The van der Waals surface area contributed by atoms with Crippen LogP contribution in [0.2, 0.25) is 0 Å². The van der Waals surface area contributed by atoms with E-state index in [-0.39, 0.29) is 24.8 Å². The summed E-state index contributed by atoms with van der Waals surface area (Å²) in [6, 6.07) is 7.64. The highest BCUT2D eigenvalue weighted by molar-refractivity contribution is 5.75. The van der Waals surface area contributed by atoms with E-state index in [1.165, 1.54) is 0 Å². The van der Waals surface area contributed by atoms with Crippen LogP contribution in [0.15, 0.2) is 28.8 Å². The Kier molecular flexibility index (Phi) is 5.72. The molecule has 0 spiro atoms. The summed E-state index contributed by atoms with van der Waals surface area (Å²) in [4.78, 5) is 18.0. The zero-order valence-electron chi connectivity index (χ0n) is 15.3. The van der Waals surface area contributed by atoms with Gasteiger partial charge in [-0.2, -0.15) is 4.98 Å². The van der Waals surface area contributed by atoms with Gasteiger partial charge in [0.1, 0.15) is 18.5 Å². The molecular formula is C18H24N4O4. The van der Waals surface area contributed by atoms with Crippen molar-refractivity contribution in [2.24, 2.45) is 0 Å². The van der Waals surface area contributed by atoms with Gasteiger partial charge in [0.25, 0.3) is 5.89 Å². The van der Waals surface area contributed by atoms with Crippen LogP contribution in [0.4, 0.5) is 4.79 Å². The van der Waals surface area contributed by atoms with Crippen LogP contribution in [-0.4, -0.2) is 53.4 Å². The molecule has 1 aromatic carbocycles. The van der Waals surface area contributed by atoms with Gasteiger partial charge in [-0.05, 0) is 37.6 Å². The predicted octanol–water partition coefficient (Wildman–Crippen LogP) is 2.45. The lowest BCUT2D eigenvalue weighted by Crippen LogP contribution is -2.59. The molecule has 1 aliphatic heterocycles. The highest BCUT2D eigenvalue weighted by atomic mass is 16.5. The van der Waals surface area contributed by atoms with Crippen molar-refractivity contribution in [2.75, 3.05) is 20.2 Å². The standard InChI is InChI=1S/C18H24N4O4/c1-4-12(2)19-18(23)22-9-15(10-22)25-14-7-5-13(6-8-14)17-20-16(11-24-3)26-21-17/h5-8,12,15H,4,9-11H2,1-3H3,(H,19,23). The number of amides is 2. The Morgan fingerprint density at radius 2 is 2.12 bits per heavy atom. The fraction of sp³-hybridized carbons (Fsp3) is 0.500. The van der Waals surface area contributed by atoms with Crippen molar-refractivity contribution in [3.8, 4) is 17.1 Å². The van der Waals surface area contributed by atoms with Gasteiger partial charge in [-0.25, -0.2) is 4.79 Å². The minimum absolute atomic E-state index is 0.0158. The maximum Gasteiger partial charge on any atom is 0.317 e. The zero-order chi connectivity index (χ0) is 18.5. The second-order valence-corrected chi connectivity index (χ2v) is 6.37. The van der Waals surface area contributed by atoms with E-state index < -0.39 is 0 Å². The summed E-state index contributed by atoms with van der Waals surface area (Å²) < 4.78 is 15.9. The van der Waals surface area contributed by atoms with Crippen molar-refractivity contribution in [1.82, 2.24) is 20.4 Å². The number of methoxy groups -OCH3 is 1. The van der Waals surface area contributed by atoms with Crippen LogP contribution in [0.25, 0.3) is 11.4 Å². The van der Waals surface area contributed by atoms with Crippen LogP contribution in [0.5, 0.6) is 5.75 Å². The Morgan fingerprint density at radius 1 is 1.38 bits per heavy atom. The molecule has 1 aromatic heterocycles. The molecule has 26 heavy (non-hydrogen) atoms. The van der Waals surface area contributed by atoms with Gasteiger partial charge in [0.15, 0.2) is 0 Å². The molecule has 2 heterocycles. The van der Waals surface area contributed by atoms with Crippen molar-refractivity contribution >= 4 is 6.03 Å². The van der Waals surface area contributed by atoms with Crippen molar-refractivity contribution in [3.05, 3.63) is 30.2 Å². The van der Waals surface area contributed by atoms with Gasteiger partial charge in [-0.1, -0.05) is 12.1 Å². The minimum atomic E-state index is -0.0292. The van der Waals surface area contributed by atoms with Crippen molar-refractivity contribution in [2.45, 2.75) is 39.0 Å². The molecule has 0 bridgehead atoms. The summed E-state index contributed by atoms with van der Waals surface area (Å²) in [7, 11) is 1.58. The molecule has 8 heteroatoms. The van der Waals surface area contributed by atoms with Crippen LogP contribution < -0.4 is 10.1 Å². The van der Waals surface area contributed by atoms with Gasteiger partial charge < -0.3 is 24.2 Å². The molecule has 8 nitrogen and oxygen atoms in total. The summed E-state index contributed by atoms with van der Waals surface area (Å²) in [6.07, 6.45) is 0.932. The first-order valence-corrected chi connectivity index (χ1v) is 8.73. The first kappa shape index (κ1) is 18.2. The fourth-order valence-electron chi connectivity index (χ4n) is 2.51. The molecule has 140 valence electrons. The van der Waals surface area contributed by atoms with Crippen LogP contribution in [0, 0.1) is 0 Å². The highest BCUT2D eigenvalue weighted by Crippen LogP contribution is 2.23. The lowest BCUT2D eigenvalue weighted by atomic mass is 10.1.